The number of thiol groups is 1. The maximum atomic E-state index is 12.8. The van der Waals surface area contributed by atoms with Crippen LogP contribution in [-0.4, -0.2) is 88.2 Å². The number of nitrogens with zero attached hydrogens (tertiary/aromatic N) is 1. The van der Waals surface area contributed by atoms with Crippen LogP contribution >= 0.6 is 12.6 Å². The van der Waals surface area contributed by atoms with Crippen molar-refractivity contribution in [1.29, 1.82) is 0 Å². The number of hydrogen-bond donors (Lipinski definition) is 10. The van der Waals surface area contributed by atoms with Gasteiger partial charge in [-0.25, -0.2) is 4.79 Å². The lowest BCUT2D eigenvalue weighted by Crippen LogP contribution is -2.58. The van der Waals surface area contributed by atoms with Gasteiger partial charge in [-0.15, -0.1) is 0 Å². The van der Waals surface area contributed by atoms with Crippen LogP contribution in [0.4, 0.5) is 0 Å². The third kappa shape index (κ3) is 12.4. The van der Waals surface area contributed by atoms with Crippen molar-refractivity contribution in [2.75, 3.05) is 12.3 Å². The Bertz CT molecular complexity index is 804. The van der Waals surface area contributed by atoms with E-state index < -0.39 is 72.6 Å². The lowest BCUT2D eigenvalue weighted by Gasteiger charge is -2.24. The van der Waals surface area contributed by atoms with Crippen molar-refractivity contribution in [2.24, 2.45) is 27.9 Å². The predicted octanol–water partition coefficient (Wildman–Crippen LogP) is -4.81. The van der Waals surface area contributed by atoms with Crippen LogP contribution in [-0.2, 0) is 28.8 Å². The third-order valence-corrected chi connectivity index (χ3v) is 4.51. The molecule has 0 radical (unpaired) electrons. The van der Waals surface area contributed by atoms with Crippen molar-refractivity contribution in [1.82, 2.24) is 16.0 Å². The molecular formula is C17H30N8O8S. The average Bonchev–Trinajstić information content (AvgIpc) is 2.71. The molecule has 0 aromatic carbocycles. The van der Waals surface area contributed by atoms with Gasteiger partial charge in [-0.3, -0.25) is 29.0 Å². The van der Waals surface area contributed by atoms with E-state index in [-0.39, 0.29) is 31.1 Å². The molecule has 0 aliphatic heterocycles. The molecule has 13 N–H and O–H groups in total. The molecule has 4 amide bonds. The van der Waals surface area contributed by atoms with Gasteiger partial charge in [0.25, 0.3) is 0 Å². The minimum Gasteiger partial charge on any atom is -0.481 e. The molecule has 192 valence electrons. The van der Waals surface area contributed by atoms with Gasteiger partial charge >= 0.3 is 11.9 Å². The molecule has 4 atom stereocenters. The molecule has 34 heavy (non-hydrogen) atoms. The minimum absolute atomic E-state index is 0.0194. The van der Waals surface area contributed by atoms with Gasteiger partial charge in [0.15, 0.2) is 5.96 Å². The van der Waals surface area contributed by atoms with E-state index in [1.165, 1.54) is 0 Å². The Hall–Kier alpha value is -3.60. The molecule has 0 bridgehead atoms. The maximum absolute atomic E-state index is 12.8. The van der Waals surface area contributed by atoms with Crippen molar-refractivity contribution < 1.29 is 39.0 Å². The van der Waals surface area contributed by atoms with E-state index in [9.17, 15) is 28.8 Å². The summed E-state index contributed by atoms with van der Waals surface area (Å²) >= 11 is 3.96. The number of hydrogen-bond acceptors (Lipinski definition) is 9. The van der Waals surface area contributed by atoms with E-state index in [1.807, 2.05) is 0 Å². The van der Waals surface area contributed by atoms with Crippen molar-refractivity contribution in [3.63, 3.8) is 0 Å². The molecular weight excluding hydrogens is 476 g/mol. The molecule has 0 heterocycles. The SMILES string of the molecule is NC(=O)CC(NC(=O)C(CS)NC(=O)C(CCCN=C(N)N)NC(=O)C(N)CC(=O)O)C(=O)O. The lowest BCUT2D eigenvalue weighted by atomic mass is 10.1. The first-order valence-electron chi connectivity index (χ1n) is 9.84. The predicted molar refractivity (Wildman–Crippen MR) is 121 cm³/mol. The summed E-state index contributed by atoms with van der Waals surface area (Å²) in [5, 5.41) is 24.6. The van der Waals surface area contributed by atoms with Crippen LogP contribution in [0.25, 0.3) is 0 Å². The number of aliphatic carboxylic acids is 2. The average molecular weight is 507 g/mol. The van der Waals surface area contributed by atoms with Crippen molar-refractivity contribution in [3.8, 4) is 0 Å². The number of carboxylic acid groups (broad SMARTS) is 2. The summed E-state index contributed by atoms with van der Waals surface area (Å²) < 4.78 is 0. The Morgan fingerprint density at radius 3 is 1.82 bits per heavy atom. The van der Waals surface area contributed by atoms with Crippen LogP contribution in [0, 0.1) is 0 Å². The van der Waals surface area contributed by atoms with E-state index in [1.54, 1.807) is 0 Å². The molecule has 0 aromatic rings. The highest BCUT2D eigenvalue weighted by Gasteiger charge is 2.30. The van der Waals surface area contributed by atoms with Crippen LogP contribution < -0.4 is 38.9 Å². The topological polar surface area (TPSA) is 295 Å². The quantitative estimate of drug-likeness (QED) is 0.0410. The van der Waals surface area contributed by atoms with Crippen molar-refractivity contribution in [2.45, 2.75) is 49.9 Å². The van der Waals surface area contributed by atoms with E-state index >= 15 is 0 Å². The third-order valence-electron chi connectivity index (χ3n) is 4.15. The summed E-state index contributed by atoms with van der Waals surface area (Å²) in [6.45, 7) is 0.104. The normalized spacial score (nSPS) is 13.9. The fraction of sp³-hybridized carbons (Fsp3) is 0.588. The zero-order chi connectivity index (χ0) is 26.4. The largest absolute Gasteiger partial charge is 0.481 e. The molecule has 0 spiro atoms. The number of carbonyl (C=O) groups is 6. The van der Waals surface area contributed by atoms with Gasteiger partial charge in [0.1, 0.15) is 18.1 Å². The Kier molecular flexibility index (Phi) is 13.7. The monoisotopic (exact) mass is 506 g/mol. The molecule has 0 saturated heterocycles. The zero-order valence-electron chi connectivity index (χ0n) is 18.1. The Morgan fingerprint density at radius 1 is 0.824 bits per heavy atom. The number of amides is 4. The number of guanidine groups is 1. The molecule has 0 aromatic heterocycles. The van der Waals surface area contributed by atoms with E-state index in [0.717, 1.165) is 0 Å². The summed E-state index contributed by atoms with van der Waals surface area (Å²) in [5.74, 6) is -7.04. The minimum atomic E-state index is -1.63. The fourth-order valence-corrected chi connectivity index (χ4v) is 2.73. The van der Waals surface area contributed by atoms with Gasteiger partial charge in [-0.05, 0) is 12.8 Å². The molecule has 0 rings (SSSR count). The highest BCUT2D eigenvalue weighted by atomic mass is 32.1. The molecule has 0 saturated carbocycles. The van der Waals surface area contributed by atoms with Crippen molar-refractivity contribution >= 4 is 54.2 Å². The first-order chi connectivity index (χ1) is 15.8. The summed E-state index contributed by atoms with van der Waals surface area (Å²) in [6.07, 6.45) is -1.18. The second-order valence-electron chi connectivity index (χ2n) is 7.03. The first kappa shape index (κ1) is 30.4. The lowest BCUT2D eigenvalue weighted by molar-refractivity contribution is -0.143. The summed E-state index contributed by atoms with van der Waals surface area (Å²) in [4.78, 5) is 74.1. The van der Waals surface area contributed by atoms with Gasteiger partial charge in [0.2, 0.25) is 23.6 Å². The molecule has 4 unspecified atom stereocenters. The van der Waals surface area contributed by atoms with E-state index in [4.69, 9.17) is 33.1 Å². The second kappa shape index (κ2) is 15.3. The van der Waals surface area contributed by atoms with Crippen LogP contribution in [0.2, 0.25) is 0 Å². The number of rotatable bonds is 16. The number of carbonyl (C=O) groups excluding carboxylic acids is 4. The summed E-state index contributed by atoms with van der Waals surface area (Å²) in [5.41, 5.74) is 20.9. The van der Waals surface area contributed by atoms with Crippen molar-refractivity contribution in [3.05, 3.63) is 0 Å². The highest BCUT2D eigenvalue weighted by molar-refractivity contribution is 7.80. The Labute approximate surface area is 199 Å². The van der Waals surface area contributed by atoms with E-state index in [0.29, 0.717) is 0 Å². The first-order valence-corrected chi connectivity index (χ1v) is 10.5. The smallest absolute Gasteiger partial charge is 0.326 e. The molecule has 17 heteroatoms. The Morgan fingerprint density at radius 2 is 1.35 bits per heavy atom. The number of primary amides is 1. The van der Waals surface area contributed by atoms with Gasteiger partial charge in [0.05, 0.1) is 18.9 Å². The molecule has 16 nitrogen and oxygen atoms in total. The number of aliphatic imine (C=N–C) groups is 1. The van der Waals surface area contributed by atoms with Crippen LogP contribution in [0.3, 0.4) is 0 Å². The highest BCUT2D eigenvalue weighted by Crippen LogP contribution is 2.03. The van der Waals surface area contributed by atoms with Gasteiger partial charge in [0, 0.05) is 12.3 Å². The molecule has 0 aliphatic carbocycles. The van der Waals surface area contributed by atoms with Gasteiger partial charge < -0.3 is 49.1 Å². The number of nitrogens with one attached hydrogen (secondary N) is 3. The fourth-order valence-electron chi connectivity index (χ4n) is 2.47. The Balaban J connectivity index is 5.39. The van der Waals surface area contributed by atoms with Crippen LogP contribution in [0.15, 0.2) is 4.99 Å². The number of carboxylic acids is 2. The van der Waals surface area contributed by atoms with Gasteiger partial charge in [-0.1, -0.05) is 0 Å². The van der Waals surface area contributed by atoms with E-state index in [2.05, 4.69) is 33.6 Å². The standard InChI is InChI=1S/C17H30N8O8S/c18-7(4-12(27)28)13(29)23-8(2-1-3-22-17(20)21)14(30)25-10(6-34)15(31)24-9(16(32)33)5-11(19)26/h7-10,34H,1-6,18H2,(H2,19,26)(H,23,29)(H,24,31)(H,25,30)(H,27,28)(H,32,33)(H4,20,21,22). The summed E-state index contributed by atoms with van der Waals surface area (Å²) in [7, 11) is 0. The molecule has 0 aliphatic rings. The number of nitrogens with two attached hydrogens (primary N) is 4. The van der Waals surface area contributed by atoms with Gasteiger partial charge in [-0.2, -0.15) is 12.6 Å². The second-order valence-corrected chi connectivity index (χ2v) is 7.39. The molecule has 0 fully saturated rings. The van der Waals surface area contributed by atoms with Crippen LogP contribution in [0.5, 0.6) is 0 Å². The maximum Gasteiger partial charge on any atom is 0.326 e. The zero-order valence-corrected chi connectivity index (χ0v) is 19.0. The van der Waals surface area contributed by atoms with Crippen LogP contribution in [0.1, 0.15) is 25.7 Å². The summed E-state index contributed by atoms with van der Waals surface area (Å²) in [6, 6.07) is -5.69.